The van der Waals surface area contributed by atoms with E-state index in [1.165, 1.54) is 6.07 Å². The molecule has 6 nitrogen and oxygen atoms in total. The van der Waals surface area contributed by atoms with Crippen molar-refractivity contribution < 1.29 is 9.72 Å². The molecule has 0 atom stereocenters. The first kappa shape index (κ1) is 17.7. The van der Waals surface area contributed by atoms with Gasteiger partial charge in [0.1, 0.15) is 5.69 Å². The Balaban J connectivity index is 1.88. The lowest BCUT2D eigenvalue weighted by Crippen LogP contribution is -2.39. The minimum absolute atomic E-state index is 0.0416. The van der Waals surface area contributed by atoms with Crippen LogP contribution in [-0.4, -0.2) is 40.9 Å². The summed E-state index contributed by atoms with van der Waals surface area (Å²) in [5.74, 6) is 0.564. The molecule has 1 aromatic carbocycles. The van der Waals surface area contributed by atoms with Gasteiger partial charge in [-0.2, -0.15) is 0 Å². The summed E-state index contributed by atoms with van der Waals surface area (Å²) in [6.07, 6.45) is 4.13. The molecule has 0 spiro atoms. The number of hydrogen-bond acceptors (Lipinski definition) is 4. The van der Waals surface area contributed by atoms with Crippen LogP contribution >= 0.6 is 0 Å². The zero-order valence-corrected chi connectivity index (χ0v) is 15.3. The summed E-state index contributed by atoms with van der Waals surface area (Å²) in [7, 11) is 0. The summed E-state index contributed by atoms with van der Waals surface area (Å²) < 4.78 is 0. The van der Waals surface area contributed by atoms with Gasteiger partial charge in [0.2, 0.25) is 0 Å². The van der Waals surface area contributed by atoms with Crippen molar-refractivity contribution in [2.75, 3.05) is 18.0 Å². The minimum Gasteiger partial charge on any atom is -0.366 e. The zero-order valence-electron chi connectivity index (χ0n) is 15.3. The fourth-order valence-electron chi connectivity index (χ4n) is 3.64. The third kappa shape index (κ3) is 3.78. The molecule has 0 unspecified atom stereocenters. The summed E-state index contributed by atoms with van der Waals surface area (Å²) in [6.45, 7) is 7.86. The van der Waals surface area contributed by atoms with Gasteiger partial charge in [-0.1, -0.05) is 6.92 Å². The van der Waals surface area contributed by atoms with E-state index in [0.717, 1.165) is 38.8 Å². The number of rotatable bonds is 5. The number of hydrogen-bond donors (Lipinski definition) is 0. The lowest BCUT2D eigenvalue weighted by atomic mass is 9.98. The van der Waals surface area contributed by atoms with Crippen LogP contribution < -0.4 is 4.90 Å². The quantitative estimate of drug-likeness (QED) is 0.600. The number of carbonyl (C=O) groups excluding carboxylic acids is 1. The van der Waals surface area contributed by atoms with Crippen LogP contribution in [0.5, 0.6) is 0 Å². The van der Waals surface area contributed by atoms with Gasteiger partial charge in [-0.05, 0) is 57.6 Å². The predicted octanol–water partition coefficient (Wildman–Crippen LogP) is 3.84. The summed E-state index contributed by atoms with van der Waals surface area (Å²) in [6, 6.07) is 5.36. The first-order valence-electron chi connectivity index (χ1n) is 9.24. The van der Waals surface area contributed by atoms with Crippen LogP contribution in [0.15, 0.2) is 18.2 Å². The van der Waals surface area contributed by atoms with E-state index in [-0.39, 0.29) is 28.6 Å². The maximum absolute atomic E-state index is 12.9. The predicted molar refractivity (Wildman–Crippen MR) is 98.0 cm³/mol. The lowest BCUT2D eigenvalue weighted by Gasteiger charge is -2.32. The normalized spacial score (nSPS) is 18.5. The molecule has 1 aliphatic carbocycles. The van der Waals surface area contributed by atoms with Crippen molar-refractivity contribution in [1.29, 1.82) is 0 Å². The molecule has 1 amide bonds. The average Bonchev–Trinajstić information content (AvgIpc) is 3.39. The van der Waals surface area contributed by atoms with Crippen LogP contribution in [0.25, 0.3) is 0 Å². The maximum atomic E-state index is 12.9. The fraction of sp³-hybridized carbons (Fsp3) is 0.632. The third-order valence-corrected chi connectivity index (χ3v) is 5.27. The van der Waals surface area contributed by atoms with Gasteiger partial charge in [-0.15, -0.1) is 0 Å². The van der Waals surface area contributed by atoms with Crippen LogP contribution in [-0.2, 0) is 0 Å². The van der Waals surface area contributed by atoms with Crippen LogP contribution in [0, 0.1) is 16.0 Å². The SMILES string of the molecule is CC1CCN(c2ccc(C(=O)N(C(C)C)C3CC3)cc2[N+](=O)[O-])CC1. The average molecular weight is 345 g/mol. The molecule has 25 heavy (non-hydrogen) atoms. The van der Waals surface area contributed by atoms with Crippen molar-refractivity contribution in [3.63, 3.8) is 0 Å². The Morgan fingerprint density at radius 2 is 1.88 bits per heavy atom. The Hall–Kier alpha value is -2.11. The third-order valence-electron chi connectivity index (χ3n) is 5.27. The largest absolute Gasteiger partial charge is 0.366 e. The summed E-state index contributed by atoms with van der Waals surface area (Å²) in [5.41, 5.74) is 1.09. The monoisotopic (exact) mass is 345 g/mol. The van der Waals surface area contributed by atoms with E-state index in [1.54, 1.807) is 12.1 Å². The molecule has 1 aromatic rings. The van der Waals surface area contributed by atoms with E-state index < -0.39 is 0 Å². The molecule has 1 saturated heterocycles. The number of amides is 1. The van der Waals surface area contributed by atoms with Gasteiger partial charge in [0, 0.05) is 36.8 Å². The molecule has 0 aromatic heterocycles. The molecule has 1 heterocycles. The van der Waals surface area contributed by atoms with Gasteiger partial charge in [-0.25, -0.2) is 0 Å². The van der Waals surface area contributed by atoms with E-state index in [9.17, 15) is 14.9 Å². The highest BCUT2D eigenvalue weighted by atomic mass is 16.6. The van der Waals surface area contributed by atoms with Crippen molar-refractivity contribution in [3.05, 3.63) is 33.9 Å². The van der Waals surface area contributed by atoms with E-state index >= 15 is 0 Å². The molecule has 1 aliphatic heterocycles. The first-order chi connectivity index (χ1) is 11.9. The van der Waals surface area contributed by atoms with Gasteiger partial charge in [0.25, 0.3) is 11.6 Å². The zero-order chi connectivity index (χ0) is 18.1. The number of piperidine rings is 1. The molecular formula is C19H27N3O3. The number of anilines is 1. The summed E-state index contributed by atoms with van der Waals surface area (Å²) >= 11 is 0. The smallest absolute Gasteiger partial charge is 0.293 e. The Bertz CT molecular complexity index is 660. The molecule has 0 radical (unpaired) electrons. The van der Waals surface area contributed by atoms with E-state index in [2.05, 4.69) is 11.8 Å². The number of carbonyl (C=O) groups is 1. The van der Waals surface area contributed by atoms with Crippen LogP contribution in [0.1, 0.15) is 56.8 Å². The van der Waals surface area contributed by atoms with Crippen molar-refractivity contribution in [2.45, 2.75) is 58.5 Å². The van der Waals surface area contributed by atoms with E-state index in [4.69, 9.17) is 0 Å². The highest BCUT2D eigenvalue weighted by molar-refractivity contribution is 5.96. The van der Waals surface area contributed by atoms with Crippen LogP contribution in [0.3, 0.4) is 0 Å². The molecule has 1 saturated carbocycles. The number of nitro groups is 1. The van der Waals surface area contributed by atoms with E-state index in [1.807, 2.05) is 18.7 Å². The van der Waals surface area contributed by atoms with Crippen molar-refractivity contribution >= 4 is 17.3 Å². The fourth-order valence-corrected chi connectivity index (χ4v) is 3.64. The van der Waals surface area contributed by atoms with Crippen molar-refractivity contribution in [3.8, 4) is 0 Å². The molecule has 3 rings (SSSR count). The second-order valence-electron chi connectivity index (χ2n) is 7.67. The molecule has 136 valence electrons. The molecule has 0 bridgehead atoms. The highest BCUT2D eigenvalue weighted by Crippen LogP contribution is 2.34. The lowest BCUT2D eigenvalue weighted by molar-refractivity contribution is -0.384. The van der Waals surface area contributed by atoms with Crippen LogP contribution in [0.4, 0.5) is 11.4 Å². The standard InChI is InChI=1S/C19H27N3O3/c1-13(2)21(16-5-6-16)19(23)15-4-7-17(18(12-15)22(24)25)20-10-8-14(3)9-11-20/h4,7,12-14,16H,5-6,8-11H2,1-3H3. The Morgan fingerprint density at radius 1 is 1.24 bits per heavy atom. The van der Waals surface area contributed by atoms with Gasteiger partial charge in [-0.3, -0.25) is 14.9 Å². The Labute approximate surface area is 148 Å². The van der Waals surface area contributed by atoms with Crippen molar-refractivity contribution in [1.82, 2.24) is 4.90 Å². The Morgan fingerprint density at radius 3 is 2.40 bits per heavy atom. The minimum atomic E-state index is -0.360. The maximum Gasteiger partial charge on any atom is 0.293 e. The highest BCUT2D eigenvalue weighted by Gasteiger charge is 2.35. The van der Waals surface area contributed by atoms with E-state index in [0.29, 0.717) is 17.2 Å². The first-order valence-corrected chi connectivity index (χ1v) is 9.24. The van der Waals surface area contributed by atoms with Gasteiger partial charge in [0.15, 0.2) is 0 Å². The van der Waals surface area contributed by atoms with Gasteiger partial charge >= 0.3 is 0 Å². The number of nitro benzene ring substituents is 1. The summed E-state index contributed by atoms with van der Waals surface area (Å²) in [5, 5.41) is 11.6. The topological polar surface area (TPSA) is 66.7 Å². The Kier molecular flexibility index (Phi) is 4.97. The second kappa shape index (κ2) is 7.02. The number of nitrogens with zero attached hydrogens (tertiary/aromatic N) is 3. The molecule has 0 N–H and O–H groups in total. The second-order valence-corrected chi connectivity index (χ2v) is 7.67. The molecular weight excluding hydrogens is 318 g/mol. The van der Waals surface area contributed by atoms with Gasteiger partial charge < -0.3 is 9.80 Å². The number of benzene rings is 1. The summed E-state index contributed by atoms with van der Waals surface area (Å²) in [4.78, 5) is 28.0. The van der Waals surface area contributed by atoms with Gasteiger partial charge in [0.05, 0.1) is 4.92 Å². The molecule has 2 fully saturated rings. The molecule has 2 aliphatic rings. The molecule has 6 heteroatoms. The van der Waals surface area contributed by atoms with Crippen molar-refractivity contribution in [2.24, 2.45) is 5.92 Å². The van der Waals surface area contributed by atoms with Crippen LogP contribution in [0.2, 0.25) is 0 Å².